The van der Waals surface area contributed by atoms with Gasteiger partial charge in [-0.1, -0.05) is 19.3 Å². The van der Waals surface area contributed by atoms with E-state index in [1.807, 2.05) is 6.07 Å². The average molecular weight is 396 g/mol. The summed E-state index contributed by atoms with van der Waals surface area (Å²) >= 11 is 0. The van der Waals surface area contributed by atoms with Gasteiger partial charge < -0.3 is 10.6 Å². The fraction of sp³-hybridized carbons (Fsp3) is 0.636. The molecular weight excluding hydrogens is 366 g/mol. The first-order valence-corrected chi connectivity index (χ1v) is 11.0. The smallest absolute Gasteiger partial charge is 0.255 e. The maximum Gasteiger partial charge on any atom is 0.255 e. The second kappa shape index (κ2) is 7.43. The fourth-order valence-corrected chi connectivity index (χ4v) is 5.59. The first kappa shape index (κ1) is 18.6. The summed E-state index contributed by atoms with van der Waals surface area (Å²) in [5.41, 5.74) is 1.53. The Labute approximate surface area is 170 Å². The molecule has 2 unspecified atom stereocenters. The molecule has 0 bridgehead atoms. The maximum atomic E-state index is 13.0. The van der Waals surface area contributed by atoms with E-state index in [1.165, 1.54) is 43.2 Å². The minimum absolute atomic E-state index is 0.0443. The molecule has 1 spiro atoms. The van der Waals surface area contributed by atoms with Crippen LogP contribution >= 0.6 is 0 Å². The lowest BCUT2D eigenvalue weighted by molar-refractivity contribution is -0.126. The largest absolute Gasteiger partial charge is 0.354 e. The van der Waals surface area contributed by atoms with Gasteiger partial charge in [0.1, 0.15) is 5.52 Å². The van der Waals surface area contributed by atoms with Crippen LogP contribution in [0.2, 0.25) is 0 Å². The molecule has 2 aromatic heterocycles. The highest BCUT2D eigenvalue weighted by Gasteiger charge is 2.54. The van der Waals surface area contributed by atoms with E-state index in [2.05, 4.69) is 20.8 Å². The standard InChI is InChI=1S/C22H29N5O2/c28-20(16-13-25-27-19(16)8-4-12-24-27)26-18(15-5-1-2-6-15)14-23-21(29)17-7-3-9-22(17)10-11-22/h4,8,12-13,15,17-18H,1-3,5-7,9-11,14H2,(H,23,29)(H,26,28). The van der Waals surface area contributed by atoms with E-state index >= 15 is 0 Å². The van der Waals surface area contributed by atoms with Gasteiger partial charge in [-0.3, -0.25) is 9.59 Å². The summed E-state index contributed by atoms with van der Waals surface area (Å²) in [6.45, 7) is 0.513. The molecule has 0 aromatic carbocycles. The Balaban J connectivity index is 1.27. The molecule has 29 heavy (non-hydrogen) atoms. The van der Waals surface area contributed by atoms with Crippen molar-refractivity contribution in [3.05, 3.63) is 30.1 Å². The molecule has 2 amide bonds. The first-order chi connectivity index (χ1) is 14.2. The van der Waals surface area contributed by atoms with E-state index in [0.717, 1.165) is 19.3 Å². The van der Waals surface area contributed by atoms with Crippen LogP contribution in [0.4, 0.5) is 0 Å². The lowest BCUT2D eigenvalue weighted by atomic mass is 9.91. The molecule has 3 fully saturated rings. The van der Waals surface area contributed by atoms with Crippen molar-refractivity contribution >= 4 is 17.3 Å². The number of hydrogen-bond donors (Lipinski definition) is 2. The Morgan fingerprint density at radius 3 is 2.76 bits per heavy atom. The topological polar surface area (TPSA) is 88.4 Å². The van der Waals surface area contributed by atoms with Crippen molar-refractivity contribution in [1.29, 1.82) is 0 Å². The molecule has 0 aliphatic heterocycles. The lowest BCUT2D eigenvalue weighted by Crippen LogP contribution is -2.48. The summed E-state index contributed by atoms with van der Waals surface area (Å²) in [5.74, 6) is 0.641. The van der Waals surface area contributed by atoms with Crippen molar-refractivity contribution in [2.45, 2.75) is 63.8 Å². The number of hydrogen-bond acceptors (Lipinski definition) is 4. The molecule has 7 nitrogen and oxygen atoms in total. The van der Waals surface area contributed by atoms with Crippen molar-refractivity contribution in [3.8, 4) is 0 Å². The van der Waals surface area contributed by atoms with Crippen molar-refractivity contribution < 1.29 is 9.59 Å². The van der Waals surface area contributed by atoms with Gasteiger partial charge in [-0.2, -0.15) is 14.8 Å². The van der Waals surface area contributed by atoms with Gasteiger partial charge in [0.2, 0.25) is 5.91 Å². The Bertz CT molecular complexity index is 913. The Morgan fingerprint density at radius 2 is 1.97 bits per heavy atom. The van der Waals surface area contributed by atoms with E-state index in [0.29, 0.717) is 29.0 Å². The molecule has 154 valence electrons. The van der Waals surface area contributed by atoms with Crippen LogP contribution in [0, 0.1) is 17.3 Å². The fourth-order valence-electron chi connectivity index (χ4n) is 5.59. The Hall–Kier alpha value is -2.44. The summed E-state index contributed by atoms with van der Waals surface area (Å²) < 4.78 is 1.47. The maximum absolute atomic E-state index is 13.0. The number of carbonyl (C=O) groups excluding carboxylic acids is 2. The molecule has 3 aliphatic carbocycles. The second-order valence-corrected chi connectivity index (χ2v) is 9.13. The molecule has 3 saturated carbocycles. The van der Waals surface area contributed by atoms with Gasteiger partial charge in [0, 0.05) is 24.7 Å². The highest BCUT2D eigenvalue weighted by Crippen LogP contribution is 2.61. The molecule has 0 saturated heterocycles. The van der Waals surface area contributed by atoms with E-state index in [1.54, 1.807) is 18.5 Å². The van der Waals surface area contributed by atoms with Crippen LogP contribution in [0.5, 0.6) is 0 Å². The van der Waals surface area contributed by atoms with Crippen molar-refractivity contribution in [3.63, 3.8) is 0 Å². The molecule has 2 atom stereocenters. The van der Waals surface area contributed by atoms with Gasteiger partial charge >= 0.3 is 0 Å². The summed E-state index contributed by atoms with van der Waals surface area (Å²) in [4.78, 5) is 25.9. The number of nitrogens with zero attached hydrogens (tertiary/aromatic N) is 3. The van der Waals surface area contributed by atoms with Crippen LogP contribution in [0.3, 0.4) is 0 Å². The lowest BCUT2D eigenvalue weighted by Gasteiger charge is -2.26. The van der Waals surface area contributed by atoms with Gasteiger partial charge in [-0.05, 0) is 62.0 Å². The van der Waals surface area contributed by atoms with Gasteiger partial charge in [0.05, 0.1) is 11.8 Å². The quantitative estimate of drug-likeness (QED) is 0.787. The van der Waals surface area contributed by atoms with Crippen LogP contribution in [0.25, 0.3) is 5.52 Å². The third kappa shape index (κ3) is 3.51. The minimum Gasteiger partial charge on any atom is -0.354 e. The molecule has 0 radical (unpaired) electrons. The van der Waals surface area contributed by atoms with Crippen LogP contribution in [0.1, 0.15) is 68.1 Å². The van der Waals surface area contributed by atoms with Crippen molar-refractivity contribution in [2.75, 3.05) is 6.54 Å². The number of carbonyl (C=O) groups is 2. The van der Waals surface area contributed by atoms with Gasteiger partial charge in [-0.25, -0.2) is 0 Å². The third-order valence-corrected chi connectivity index (χ3v) is 7.45. The molecule has 5 rings (SSSR count). The summed E-state index contributed by atoms with van der Waals surface area (Å²) in [5, 5.41) is 14.7. The van der Waals surface area contributed by atoms with E-state index < -0.39 is 0 Å². The highest BCUT2D eigenvalue weighted by molar-refractivity contribution is 6.00. The number of fused-ring (bicyclic) bond motifs is 1. The van der Waals surface area contributed by atoms with E-state index in [-0.39, 0.29) is 23.8 Å². The van der Waals surface area contributed by atoms with Crippen LogP contribution < -0.4 is 10.6 Å². The third-order valence-electron chi connectivity index (χ3n) is 7.45. The normalized spacial score (nSPS) is 24.1. The number of nitrogens with one attached hydrogen (secondary N) is 2. The molecule has 2 N–H and O–H groups in total. The summed E-state index contributed by atoms with van der Waals surface area (Å²) in [7, 11) is 0. The van der Waals surface area contributed by atoms with Crippen LogP contribution in [0.15, 0.2) is 24.5 Å². The Morgan fingerprint density at radius 1 is 1.14 bits per heavy atom. The average Bonchev–Trinajstić information content (AvgIpc) is 3.13. The molecule has 2 aromatic rings. The summed E-state index contributed by atoms with van der Waals surface area (Å²) in [6.07, 6.45) is 13.6. The zero-order valence-corrected chi connectivity index (χ0v) is 16.8. The van der Waals surface area contributed by atoms with Crippen LogP contribution in [-0.4, -0.2) is 39.2 Å². The monoisotopic (exact) mass is 395 g/mol. The second-order valence-electron chi connectivity index (χ2n) is 9.13. The molecule has 3 aliphatic rings. The number of amides is 2. The molecule has 2 heterocycles. The first-order valence-electron chi connectivity index (χ1n) is 11.0. The van der Waals surface area contributed by atoms with Gasteiger partial charge in [-0.15, -0.1) is 0 Å². The highest BCUT2D eigenvalue weighted by atomic mass is 16.2. The van der Waals surface area contributed by atoms with Crippen molar-refractivity contribution in [2.24, 2.45) is 17.3 Å². The van der Waals surface area contributed by atoms with E-state index in [9.17, 15) is 9.59 Å². The number of aromatic nitrogens is 3. The van der Waals surface area contributed by atoms with Crippen LogP contribution in [-0.2, 0) is 4.79 Å². The Kier molecular flexibility index (Phi) is 4.76. The zero-order valence-electron chi connectivity index (χ0n) is 16.8. The van der Waals surface area contributed by atoms with Gasteiger partial charge in [0.15, 0.2) is 0 Å². The van der Waals surface area contributed by atoms with E-state index in [4.69, 9.17) is 0 Å². The predicted molar refractivity (Wildman–Crippen MR) is 108 cm³/mol. The number of rotatable bonds is 6. The predicted octanol–water partition coefficient (Wildman–Crippen LogP) is 2.71. The van der Waals surface area contributed by atoms with Gasteiger partial charge in [0.25, 0.3) is 5.91 Å². The molecular formula is C22H29N5O2. The van der Waals surface area contributed by atoms with Crippen molar-refractivity contribution in [1.82, 2.24) is 25.5 Å². The minimum atomic E-state index is -0.140. The SMILES string of the molecule is O=C(NC(CNC(=O)C1CCCC12CC2)C1CCCC1)c1cnn2ncccc12. The molecule has 7 heteroatoms. The zero-order chi connectivity index (χ0) is 19.8. The summed E-state index contributed by atoms with van der Waals surface area (Å²) in [6, 6.07) is 3.60.